The van der Waals surface area contributed by atoms with Crippen LogP contribution >= 0.6 is 0 Å². The van der Waals surface area contributed by atoms with E-state index in [0.29, 0.717) is 0 Å². The molecule has 2 aliphatic carbocycles. The zero-order valence-corrected chi connectivity index (χ0v) is 9.84. The molecule has 0 fully saturated rings. The van der Waals surface area contributed by atoms with Gasteiger partial charge in [-0.2, -0.15) is 0 Å². The lowest BCUT2D eigenvalue weighted by molar-refractivity contribution is 0.112. The molecule has 2 aliphatic rings. The average Bonchev–Trinajstić information content (AvgIpc) is 2.61. The summed E-state index contributed by atoms with van der Waals surface area (Å²) in [6, 6.07) is 22.0. The molecule has 0 heterocycles. The highest BCUT2D eigenvalue weighted by molar-refractivity contribution is 6.00. The van der Waals surface area contributed by atoms with Crippen molar-refractivity contribution in [1.29, 1.82) is 0 Å². The van der Waals surface area contributed by atoms with Gasteiger partial charge in [0.05, 0.1) is 0 Å². The third-order valence-corrected chi connectivity index (χ3v) is 3.15. The van der Waals surface area contributed by atoms with Gasteiger partial charge >= 0.3 is 0 Å². The summed E-state index contributed by atoms with van der Waals surface area (Å²) in [7, 11) is 0. The van der Waals surface area contributed by atoms with Gasteiger partial charge in [-0.1, -0.05) is 60.7 Å². The summed E-state index contributed by atoms with van der Waals surface area (Å²) in [5, 5.41) is 0. The highest BCUT2D eigenvalue weighted by Gasteiger charge is 2.14. The van der Waals surface area contributed by atoms with E-state index in [1.807, 2.05) is 60.7 Å². The summed E-state index contributed by atoms with van der Waals surface area (Å²) in [5.74, 6) is 0. The van der Waals surface area contributed by atoms with E-state index in [1.165, 1.54) is 0 Å². The van der Waals surface area contributed by atoms with Gasteiger partial charge in [-0.05, 0) is 28.3 Å². The molecule has 86 valence electrons. The molecule has 0 saturated carbocycles. The summed E-state index contributed by atoms with van der Waals surface area (Å²) in [5.41, 5.74) is 4.97. The Bertz CT molecular complexity index is 656. The van der Waals surface area contributed by atoms with Gasteiger partial charge in [-0.15, -0.1) is 0 Å². The van der Waals surface area contributed by atoms with Crippen LogP contribution in [0.5, 0.6) is 0 Å². The standard InChI is InChI=1S/C17H12O/c18-12-17-15-10-6-2-5-9-14(15)11-16(17)13-7-3-1-4-8-13/h1-12H. The van der Waals surface area contributed by atoms with E-state index < -0.39 is 0 Å². The van der Waals surface area contributed by atoms with Gasteiger partial charge in [0.1, 0.15) is 0 Å². The van der Waals surface area contributed by atoms with Crippen LogP contribution in [0.25, 0.3) is 22.3 Å². The molecule has 0 atom stereocenters. The molecule has 1 heteroatoms. The van der Waals surface area contributed by atoms with Crippen LogP contribution in [0.1, 0.15) is 10.4 Å². The monoisotopic (exact) mass is 232 g/mol. The molecule has 1 aromatic rings. The minimum Gasteiger partial charge on any atom is -0.298 e. The number of hydrogen-bond acceptors (Lipinski definition) is 1. The number of fused-ring (bicyclic) bond motifs is 1. The molecular weight excluding hydrogens is 220 g/mol. The number of carbonyl (C=O) groups is 1. The largest absolute Gasteiger partial charge is 0.298 e. The molecule has 3 rings (SSSR count). The minimum absolute atomic E-state index is 0.771. The van der Waals surface area contributed by atoms with Gasteiger partial charge in [-0.3, -0.25) is 4.79 Å². The Balaban J connectivity index is 2.31. The average molecular weight is 232 g/mol. The normalized spacial score (nSPS) is 10.4. The SMILES string of the molecule is O=Cc1c2cccccc-2cc1-c1ccccc1. The molecule has 0 amide bonds. The molecule has 0 aliphatic heterocycles. The van der Waals surface area contributed by atoms with Crippen LogP contribution in [0.15, 0.2) is 66.7 Å². The highest BCUT2D eigenvalue weighted by atomic mass is 16.1. The van der Waals surface area contributed by atoms with Gasteiger partial charge in [0, 0.05) is 5.56 Å². The van der Waals surface area contributed by atoms with Crippen LogP contribution < -0.4 is 0 Å². The second kappa shape index (κ2) is 4.46. The third kappa shape index (κ3) is 1.70. The Morgan fingerprint density at radius 2 is 1.28 bits per heavy atom. The van der Waals surface area contributed by atoms with Crippen LogP contribution in [0.4, 0.5) is 0 Å². The molecular formula is C17H12O. The van der Waals surface area contributed by atoms with Gasteiger partial charge < -0.3 is 0 Å². The molecule has 0 spiro atoms. The summed E-state index contributed by atoms with van der Waals surface area (Å²) in [6.07, 6.45) is 0.949. The molecule has 0 aromatic heterocycles. The van der Waals surface area contributed by atoms with Gasteiger partial charge in [-0.25, -0.2) is 0 Å². The van der Waals surface area contributed by atoms with Crippen LogP contribution in [0.3, 0.4) is 0 Å². The van der Waals surface area contributed by atoms with E-state index in [4.69, 9.17) is 0 Å². The lowest BCUT2D eigenvalue weighted by Crippen LogP contribution is -1.82. The summed E-state index contributed by atoms with van der Waals surface area (Å²) < 4.78 is 0. The first-order valence-corrected chi connectivity index (χ1v) is 5.92. The third-order valence-electron chi connectivity index (χ3n) is 3.15. The van der Waals surface area contributed by atoms with E-state index in [-0.39, 0.29) is 0 Å². The summed E-state index contributed by atoms with van der Waals surface area (Å²) in [4.78, 5) is 11.4. The van der Waals surface area contributed by atoms with Gasteiger partial charge in [0.25, 0.3) is 0 Å². The number of carbonyl (C=O) groups excluding carboxylic acids is 1. The fourth-order valence-corrected chi connectivity index (χ4v) is 2.29. The van der Waals surface area contributed by atoms with E-state index in [9.17, 15) is 4.79 Å². The smallest absolute Gasteiger partial charge is 0.151 e. The fourth-order valence-electron chi connectivity index (χ4n) is 2.29. The lowest BCUT2D eigenvalue weighted by atomic mass is 10.0. The van der Waals surface area contributed by atoms with Crippen molar-refractivity contribution in [1.82, 2.24) is 0 Å². The van der Waals surface area contributed by atoms with Crippen molar-refractivity contribution in [3.05, 3.63) is 72.3 Å². The quantitative estimate of drug-likeness (QED) is 0.603. The molecule has 0 radical (unpaired) electrons. The lowest BCUT2D eigenvalue weighted by Gasteiger charge is -1.99. The van der Waals surface area contributed by atoms with E-state index in [0.717, 1.165) is 34.1 Å². The van der Waals surface area contributed by atoms with Gasteiger partial charge in [0.15, 0.2) is 6.29 Å². The van der Waals surface area contributed by atoms with Crippen LogP contribution in [-0.4, -0.2) is 6.29 Å². The second-order valence-corrected chi connectivity index (χ2v) is 4.24. The maximum atomic E-state index is 11.4. The summed E-state index contributed by atoms with van der Waals surface area (Å²) in [6.45, 7) is 0. The van der Waals surface area contributed by atoms with Crippen molar-refractivity contribution in [2.24, 2.45) is 0 Å². The maximum absolute atomic E-state index is 11.4. The van der Waals surface area contributed by atoms with Crippen molar-refractivity contribution >= 4 is 6.29 Å². The number of hydrogen-bond donors (Lipinski definition) is 0. The van der Waals surface area contributed by atoms with Crippen LogP contribution in [0, 0.1) is 0 Å². The number of rotatable bonds is 2. The molecule has 0 N–H and O–H groups in total. The predicted molar refractivity (Wildman–Crippen MR) is 73.9 cm³/mol. The van der Waals surface area contributed by atoms with Crippen molar-refractivity contribution < 1.29 is 4.79 Å². The van der Waals surface area contributed by atoms with E-state index >= 15 is 0 Å². The molecule has 1 nitrogen and oxygen atoms in total. The number of aldehydes is 1. The number of benzene rings is 1. The molecule has 0 unspecified atom stereocenters. The predicted octanol–water partition coefficient (Wildman–Crippen LogP) is 4.27. The van der Waals surface area contributed by atoms with E-state index in [2.05, 4.69) is 6.07 Å². The Kier molecular flexibility index (Phi) is 2.66. The van der Waals surface area contributed by atoms with Gasteiger partial charge in [0.2, 0.25) is 0 Å². The fraction of sp³-hybridized carbons (Fsp3) is 0. The van der Waals surface area contributed by atoms with Crippen LogP contribution in [-0.2, 0) is 0 Å². The first-order valence-electron chi connectivity index (χ1n) is 5.92. The molecule has 0 bridgehead atoms. The van der Waals surface area contributed by atoms with Crippen molar-refractivity contribution in [3.63, 3.8) is 0 Å². The maximum Gasteiger partial charge on any atom is 0.151 e. The van der Waals surface area contributed by atoms with Crippen molar-refractivity contribution in [2.75, 3.05) is 0 Å². The molecule has 18 heavy (non-hydrogen) atoms. The Morgan fingerprint density at radius 3 is 1.94 bits per heavy atom. The van der Waals surface area contributed by atoms with E-state index in [1.54, 1.807) is 0 Å². The highest BCUT2D eigenvalue weighted by Crippen LogP contribution is 2.36. The Hall–Kier alpha value is -2.41. The first kappa shape index (κ1) is 10.7. The zero-order chi connectivity index (χ0) is 12.4. The minimum atomic E-state index is 0.771. The molecule has 1 aromatic carbocycles. The molecule has 0 saturated heterocycles. The zero-order valence-electron chi connectivity index (χ0n) is 9.84. The van der Waals surface area contributed by atoms with Crippen molar-refractivity contribution in [2.45, 2.75) is 0 Å². The Labute approximate surface area is 106 Å². The van der Waals surface area contributed by atoms with Crippen molar-refractivity contribution in [3.8, 4) is 22.3 Å². The van der Waals surface area contributed by atoms with Crippen LogP contribution in [0.2, 0.25) is 0 Å². The Morgan fingerprint density at radius 1 is 0.667 bits per heavy atom. The summed E-state index contributed by atoms with van der Waals surface area (Å²) >= 11 is 0. The topological polar surface area (TPSA) is 17.1 Å². The first-order chi connectivity index (χ1) is 8.90. The second-order valence-electron chi connectivity index (χ2n) is 4.24.